The Morgan fingerprint density at radius 2 is 2.30 bits per heavy atom. The lowest BCUT2D eigenvalue weighted by Gasteiger charge is -2.08. The number of aryl methyl sites for hydroxylation is 2. The van der Waals surface area contributed by atoms with E-state index in [9.17, 15) is 0 Å². The second-order valence-corrected chi connectivity index (χ2v) is 6.20. The van der Waals surface area contributed by atoms with Gasteiger partial charge in [0.05, 0.1) is 11.5 Å². The fourth-order valence-electron chi connectivity index (χ4n) is 2.58. The number of ether oxygens (including phenoxy) is 1. The summed E-state index contributed by atoms with van der Waals surface area (Å²) in [4.78, 5) is 7.08. The van der Waals surface area contributed by atoms with E-state index >= 15 is 0 Å². The Labute approximate surface area is 123 Å². The molecule has 5 heteroatoms. The zero-order chi connectivity index (χ0) is 13.8. The highest BCUT2D eigenvalue weighted by molar-refractivity contribution is 7.15. The summed E-state index contributed by atoms with van der Waals surface area (Å²) in [6.45, 7) is 2.25. The predicted molar refractivity (Wildman–Crippen MR) is 80.0 cm³/mol. The van der Waals surface area contributed by atoms with Crippen LogP contribution in [0, 0.1) is 0 Å². The molecule has 108 valence electrons. The fourth-order valence-corrected chi connectivity index (χ4v) is 3.84. The third-order valence-corrected chi connectivity index (χ3v) is 4.87. The SMILES string of the molecule is COCCNCc1ncoc1-c1cc2c(s1)CCCC2. The van der Waals surface area contributed by atoms with Crippen LogP contribution in [0.4, 0.5) is 0 Å². The summed E-state index contributed by atoms with van der Waals surface area (Å²) in [6, 6.07) is 2.29. The smallest absolute Gasteiger partial charge is 0.181 e. The number of fused-ring (bicyclic) bond motifs is 1. The first-order valence-corrected chi connectivity index (χ1v) is 7.94. The van der Waals surface area contributed by atoms with Crippen molar-refractivity contribution in [3.63, 3.8) is 0 Å². The van der Waals surface area contributed by atoms with Crippen LogP contribution in [0.5, 0.6) is 0 Å². The molecule has 0 fully saturated rings. The van der Waals surface area contributed by atoms with Crippen molar-refractivity contribution in [2.45, 2.75) is 32.2 Å². The highest BCUT2D eigenvalue weighted by Crippen LogP contribution is 2.36. The van der Waals surface area contributed by atoms with E-state index in [0.717, 1.165) is 24.5 Å². The molecule has 0 saturated heterocycles. The maximum Gasteiger partial charge on any atom is 0.181 e. The number of nitrogens with zero attached hydrogens (tertiary/aromatic N) is 1. The topological polar surface area (TPSA) is 47.3 Å². The predicted octanol–water partition coefficient (Wildman–Crippen LogP) is 3.02. The molecule has 1 aliphatic carbocycles. The molecule has 1 aliphatic rings. The van der Waals surface area contributed by atoms with Gasteiger partial charge < -0.3 is 14.5 Å². The zero-order valence-electron chi connectivity index (χ0n) is 11.8. The molecule has 2 aromatic rings. The molecule has 1 N–H and O–H groups in total. The van der Waals surface area contributed by atoms with E-state index in [1.165, 1.54) is 41.0 Å². The molecular formula is C15H20N2O2S. The van der Waals surface area contributed by atoms with Gasteiger partial charge in [0.2, 0.25) is 0 Å². The third kappa shape index (κ3) is 2.95. The molecule has 0 aromatic carbocycles. The monoisotopic (exact) mass is 292 g/mol. The van der Waals surface area contributed by atoms with Gasteiger partial charge in [0.15, 0.2) is 12.2 Å². The summed E-state index contributed by atoms with van der Waals surface area (Å²) in [5.74, 6) is 0.925. The third-order valence-electron chi connectivity index (χ3n) is 3.64. The van der Waals surface area contributed by atoms with Crippen LogP contribution in [0.1, 0.15) is 29.0 Å². The van der Waals surface area contributed by atoms with Crippen molar-refractivity contribution in [2.24, 2.45) is 0 Å². The van der Waals surface area contributed by atoms with E-state index in [-0.39, 0.29) is 0 Å². The molecule has 0 amide bonds. The van der Waals surface area contributed by atoms with Gasteiger partial charge in [-0.05, 0) is 37.3 Å². The van der Waals surface area contributed by atoms with Crippen LogP contribution < -0.4 is 5.32 Å². The Balaban J connectivity index is 1.73. The van der Waals surface area contributed by atoms with Crippen LogP contribution in [0.25, 0.3) is 10.6 Å². The number of hydrogen-bond acceptors (Lipinski definition) is 5. The zero-order valence-corrected chi connectivity index (χ0v) is 12.6. The summed E-state index contributed by atoms with van der Waals surface area (Å²) in [5, 5.41) is 3.32. The molecule has 0 unspecified atom stereocenters. The number of aromatic nitrogens is 1. The molecule has 4 nitrogen and oxygen atoms in total. The Hall–Kier alpha value is -1.17. The van der Waals surface area contributed by atoms with Crippen LogP contribution in [0.3, 0.4) is 0 Å². The van der Waals surface area contributed by atoms with E-state index in [4.69, 9.17) is 9.15 Å². The van der Waals surface area contributed by atoms with Crippen molar-refractivity contribution in [1.29, 1.82) is 0 Å². The van der Waals surface area contributed by atoms with Crippen LogP contribution in [-0.2, 0) is 24.1 Å². The summed E-state index contributed by atoms with van der Waals surface area (Å²) in [5.41, 5.74) is 2.49. The fraction of sp³-hybridized carbons (Fsp3) is 0.533. The molecule has 0 radical (unpaired) electrons. The number of rotatable bonds is 6. The van der Waals surface area contributed by atoms with Gasteiger partial charge >= 0.3 is 0 Å². The number of thiophene rings is 1. The summed E-state index contributed by atoms with van der Waals surface area (Å²) in [6.07, 6.45) is 6.60. The first kappa shape index (κ1) is 13.8. The minimum Gasteiger partial charge on any atom is -0.442 e. The van der Waals surface area contributed by atoms with Crippen LogP contribution in [0.2, 0.25) is 0 Å². The molecule has 3 rings (SSSR count). The van der Waals surface area contributed by atoms with Crippen molar-refractivity contribution in [2.75, 3.05) is 20.3 Å². The minimum absolute atomic E-state index is 0.709. The van der Waals surface area contributed by atoms with Crippen LogP contribution in [-0.4, -0.2) is 25.2 Å². The molecule has 0 spiro atoms. The largest absolute Gasteiger partial charge is 0.442 e. The van der Waals surface area contributed by atoms with Crippen LogP contribution >= 0.6 is 11.3 Å². The van der Waals surface area contributed by atoms with Gasteiger partial charge in [-0.1, -0.05) is 0 Å². The first-order chi connectivity index (χ1) is 9.88. The average Bonchev–Trinajstić information content (AvgIpc) is 3.09. The van der Waals surface area contributed by atoms with E-state index in [1.807, 2.05) is 11.3 Å². The Kier molecular flexibility index (Phi) is 4.50. The van der Waals surface area contributed by atoms with Gasteiger partial charge in [-0.15, -0.1) is 11.3 Å². The Morgan fingerprint density at radius 3 is 3.15 bits per heavy atom. The number of hydrogen-bond donors (Lipinski definition) is 1. The van der Waals surface area contributed by atoms with Crippen molar-refractivity contribution >= 4 is 11.3 Å². The highest BCUT2D eigenvalue weighted by Gasteiger charge is 2.18. The van der Waals surface area contributed by atoms with Gasteiger partial charge in [-0.25, -0.2) is 4.98 Å². The lowest BCUT2D eigenvalue weighted by molar-refractivity contribution is 0.199. The summed E-state index contributed by atoms with van der Waals surface area (Å²) in [7, 11) is 1.71. The van der Waals surface area contributed by atoms with Gasteiger partial charge in [0, 0.05) is 25.1 Å². The standard InChI is InChI=1S/C15H20N2O2S/c1-18-7-6-16-9-12-15(19-10-17-12)14-8-11-4-2-3-5-13(11)20-14/h8,10,16H,2-7,9H2,1H3. The molecule has 2 aromatic heterocycles. The second kappa shape index (κ2) is 6.52. The average molecular weight is 292 g/mol. The summed E-state index contributed by atoms with van der Waals surface area (Å²) >= 11 is 1.86. The number of oxazole rings is 1. The van der Waals surface area contributed by atoms with Crippen molar-refractivity contribution in [3.05, 3.63) is 28.6 Å². The Morgan fingerprint density at radius 1 is 1.40 bits per heavy atom. The molecular weight excluding hydrogens is 272 g/mol. The molecule has 0 atom stereocenters. The van der Waals surface area contributed by atoms with Gasteiger partial charge in [-0.2, -0.15) is 0 Å². The molecule has 0 bridgehead atoms. The van der Waals surface area contributed by atoms with E-state index in [2.05, 4.69) is 16.4 Å². The van der Waals surface area contributed by atoms with E-state index in [1.54, 1.807) is 13.5 Å². The normalized spacial score (nSPS) is 14.4. The minimum atomic E-state index is 0.709. The quantitative estimate of drug-likeness (QED) is 0.831. The van der Waals surface area contributed by atoms with Gasteiger partial charge in [0.1, 0.15) is 5.69 Å². The van der Waals surface area contributed by atoms with Gasteiger partial charge in [0.25, 0.3) is 0 Å². The van der Waals surface area contributed by atoms with Crippen molar-refractivity contribution < 1.29 is 9.15 Å². The lowest BCUT2D eigenvalue weighted by atomic mass is 9.99. The van der Waals surface area contributed by atoms with Crippen molar-refractivity contribution in [1.82, 2.24) is 10.3 Å². The van der Waals surface area contributed by atoms with Crippen LogP contribution in [0.15, 0.2) is 16.9 Å². The Bertz CT molecular complexity index is 538. The first-order valence-electron chi connectivity index (χ1n) is 7.12. The maximum atomic E-state index is 5.61. The molecule has 0 aliphatic heterocycles. The number of methoxy groups -OCH3 is 1. The molecule has 2 heterocycles. The maximum absolute atomic E-state index is 5.61. The van der Waals surface area contributed by atoms with Crippen molar-refractivity contribution in [3.8, 4) is 10.6 Å². The lowest BCUT2D eigenvalue weighted by Crippen LogP contribution is -2.19. The van der Waals surface area contributed by atoms with E-state index in [0.29, 0.717) is 6.61 Å². The highest BCUT2D eigenvalue weighted by atomic mass is 32.1. The molecule has 20 heavy (non-hydrogen) atoms. The molecule has 0 saturated carbocycles. The summed E-state index contributed by atoms with van der Waals surface area (Å²) < 4.78 is 10.6. The number of nitrogens with one attached hydrogen (secondary N) is 1. The van der Waals surface area contributed by atoms with E-state index < -0.39 is 0 Å². The van der Waals surface area contributed by atoms with Gasteiger partial charge in [-0.3, -0.25) is 0 Å². The second-order valence-electron chi connectivity index (χ2n) is 5.06.